The van der Waals surface area contributed by atoms with Crippen molar-refractivity contribution in [1.29, 1.82) is 0 Å². The van der Waals surface area contributed by atoms with Crippen molar-refractivity contribution in [2.24, 2.45) is 11.1 Å². The number of nitrogens with two attached hydrogens (primary N) is 1. The molecule has 1 aromatic rings. The van der Waals surface area contributed by atoms with Gasteiger partial charge in [-0.15, -0.1) is 11.8 Å². The highest BCUT2D eigenvalue weighted by Crippen LogP contribution is 2.17. The van der Waals surface area contributed by atoms with Crippen LogP contribution in [0.5, 0.6) is 0 Å². The van der Waals surface area contributed by atoms with Gasteiger partial charge >= 0.3 is 0 Å². The Balaban J connectivity index is 2.40. The van der Waals surface area contributed by atoms with Gasteiger partial charge in [-0.3, -0.25) is 9.59 Å². The van der Waals surface area contributed by atoms with Gasteiger partial charge in [0.25, 0.3) is 0 Å². The molecule has 1 heterocycles. The molecule has 0 radical (unpaired) electrons. The van der Waals surface area contributed by atoms with E-state index in [1.807, 2.05) is 13.8 Å². The predicted molar refractivity (Wildman–Crippen MR) is 92.3 cm³/mol. The summed E-state index contributed by atoms with van der Waals surface area (Å²) < 4.78 is 4.89. The molecule has 1 aromatic heterocycles. The molecule has 0 bridgehead atoms. The van der Waals surface area contributed by atoms with E-state index < -0.39 is 0 Å². The lowest BCUT2D eigenvalue weighted by atomic mass is 9.93. The molecule has 0 aliphatic heterocycles. The Labute approximate surface area is 141 Å². The standard InChI is InChI=1S/C15H26N4O3S/c1-10-6-12(18-22-10)17-14(21)11(2)23-7-13(20)19(5)9-15(3,4)8-16/h6,11H,7-9,16H2,1-5H3,(H,17,18,21). The van der Waals surface area contributed by atoms with E-state index in [-0.39, 0.29) is 28.2 Å². The van der Waals surface area contributed by atoms with E-state index in [1.165, 1.54) is 11.8 Å². The minimum absolute atomic E-state index is 0.0199. The predicted octanol–water partition coefficient (Wildman–Crippen LogP) is 1.49. The molecule has 1 unspecified atom stereocenters. The van der Waals surface area contributed by atoms with Crippen LogP contribution in [0, 0.1) is 12.3 Å². The Morgan fingerprint density at radius 3 is 2.70 bits per heavy atom. The maximum Gasteiger partial charge on any atom is 0.238 e. The molecule has 0 fully saturated rings. The number of anilines is 1. The van der Waals surface area contributed by atoms with Crippen LogP contribution in [-0.2, 0) is 9.59 Å². The lowest BCUT2D eigenvalue weighted by Crippen LogP contribution is -2.40. The first-order valence-corrected chi connectivity index (χ1v) is 8.49. The van der Waals surface area contributed by atoms with Gasteiger partial charge in [0, 0.05) is 19.7 Å². The summed E-state index contributed by atoms with van der Waals surface area (Å²) in [5, 5.41) is 6.00. The van der Waals surface area contributed by atoms with Crippen LogP contribution in [-0.4, -0.2) is 53.0 Å². The molecule has 3 N–H and O–H groups in total. The van der Waals surface area contributed by atoms with E-state index in [4.69, 9.17) is 10.3 Å². The molecule has 130 valence electrons. The second-order valence-electron chi connectivity index (χ2n) is 6.38. The lowest BCUT2D eigenvalue weighted by Gasteiger charge is -2.29. The minimum atomic E-state index is -0.369. The smallest absolute Gasteiger partial charge is 0.238 e. The molecule has 0 aromatic carbocycles. The number of rotatable bonds is 8. The van der Waals surface area contributed by atoms with Crippen LogP contribution in [0.4, 0.5) is 5.82 Å². The molecule has 1 atom stereocenters. The number of thioether (sulfide) groups is 1. The molecule has 0 saturated heterocycles. The van der Waals surface area contributed by atoms with Gasteiger partial charge in [-0.05, 0) is 25.8 Å². The molecule has 0 aliphatic rings. The molecule has 8 heteroatoms. The van der Waals surface area contributed by atoms with Gasteiger partial charge in [-0.1, -0.05) is 19.0 Å². The average molecular weight is 342 g/mol. The van der Waals surface area contributed by atoms with E-state index in [0.29, 0.717) is 24.7 Å². The molecule has 0 spiro atoms. The molecular weight excluding hydrogens is 316 g/mol. The summed E-state index contributed by atoms with van der Waals surface area (Å²) in [4.78, 5) is 25.8. The number of carbonyl (C=O) groups excluding carboxylic acids is 2. The van der Waals surface area contributed by atoms with Gasteiger partial charge < -0.3 is 20.5 Å². The van der Waals surface area contributed by atoms with Crippen LogP contribution in [0.3, 0.4) is 0 Å². The Kier molecular flexibility index (Phi) is 7.08. The fourth-order valence-corrected chi connectivity index (χ4v) is 2.65. The second kappa shape index (κ2) is 8.35. The first-order valence-electron chi connectivity index (χ1n) is 7.44. The molecule has 0 aliphatic carbocycles. The fourth-order valence-electron chi connectivity index (χ4n) is 1.83. The van der Waals surface area contributed by atoms with Crippen molar-refractivity contribution in [1.82, 2.24) is 10.1 Å². The average Bonchev–Trinajstić information content (AvgIpc) is 2.88. The highest BCUT2D eigenvalue weighted by Gasteiger charge is 2.22. The summed E-state index contributed by atoms with van der Waals surface area (Å²) >= 11 is 1.29. The zero-order valence-corrected chi connectivity index (χ0v) is 15.2. The van der Waals surface area contributed by atoms with Crippen LogP contribution >= 0.6 is 11.8 Å². The normalized spacial score (nSPS) is 12.8. The van der Waals surface area contributed by atoms with Crippen molar-refractivity contribution in [2.45, 2.75) is 32.9 Å². The third-order valence-corrected chi connectivity index (χ3v) is 4.48. The Bertz CT molecular complexity index is 545. The maximum absolute atomic E-state index is 12.1. The third kappa shape index (κ3) is 6.62. The summed E-state index contributed by atoms with van der Waals surface area (Å²) in [7, 11) is 1.75. The fraction of sp³-hybridized carbons (Fsp3) is 0.667. The van der Waals surface area contributed by atoms with Gasteiger partial charge in [0.05, 0.1) is 11.0 Å². The summed E-state index contributed by atoms with van der Waals surface area (Å²) in [6, 6.07) is 1.64. The molecule has 23 heavy (non-hydrogen) atoms. The molecule has 7 nitrogen and oxygen atoms in total. The summed E-state index contributed by atoms with van der Waals surface area (Å²) in [5.74, 6) is 1.02. The van der Waals surface area contributed by atoms with Crippen LogP contribution in [0.2, 0.25) is 0 Å². The van der Waals surface area contributed by atoms with Crippen molar-refractivity contribution in [2.75, 3.05) is 31.2 Å². The van der Waals surface area contributed by atoms with Crippen LogP contribution in [0.1, 0.15) is 26.5 Å². The maximum atomic E-state index is 12.1. The van der Waals surface area contributed by atoms with E-state index in [9.17, 15) is 9.59 Å². The quantitative estimate of drug-likeness (QED) is 0.742. The monoisotopic (exact) mass is 342 g/mol. The first kappa shape index (κ1) is 19.5. The van der Waals surface area contributed by atoms with Crippen molar-refractivity contribution < 1.29 is 14.1 Å². The number of nitrogens with zero attached hydrogens (tertiary/aromatic N) is 2. The zero-order valence-electron chi connectivity index (χ0n) is 14.4. The summed E-state index contributed by atoms with van der Waals surface area (Å²) in [6.45, 7) is 8.62. The number of nitrogens with one attached hydrogen (secondary N) is 1. The van der Waals surface area contributed by atoms with Gasteiger partial charge in [0.1, 0.15) is 5.76 Å². The van der Waals surface area contributed by atoms with E-state index in [1.54, 1.807) is 31.9 Å². The largest absolute Gasteiger partial charge is 0.360 e. The van der Waals surface area contributed by atoms with Crippen molar-refractivity contribution in [3.63, 3.8) is 0 Å². The number of hydrogen-bond donors (Lipinski definition) is 2. The lowest BCUT2D eigenvalue weighted by molar-refractivity contribution is -0.128. The molecule has 0 saturated carbocycles. The summed E-state index contributed by atoms with van der Waals surface area (Å²) in [5.41, 5.74) is 5.56. The molecular formula is C15H26N4O3S. The van der Waals surface area contributed by atoms with E-state index in [0.717, 1.165) is 0 Å². The number of hydrogen-bond acceptors (Lipinski definition) is 6. The number of aromatic nitrogens is 1. The number of amides is 2. The number of aryl methyl sites for hydroxylation is 1. The topological polar surface area (TPSA) is 101 Å². The second-order valence-corrected chi connectivity index (χ2v) is 7.71. The SMILES string of the molecule is Cc1cc(NC(=O)C(C)SCC(=O)N(C)CC(C)(C)CN)no1. The van der Waals surface area contributed by atoms with E-state index >= 15 is 0 Å². The highest BCUT2D eigenvalue weighted by atomic mass is 32.2. The van der Waals surface area contributed by atoms with Gasteiger partial charge in [-0.25, -0.2) is 0 Å². The van der Waals surface area contributed by atoms with Gasteiger partial charge in [-0.2, -0.15) is 0 Å². The zero-order chi connectivity index (χ0) is 17.6. The minimum Gasteiger partial charge on any atom is -0.360 e. The molecule has 2 amide bonds. The Morgan fingerprint density at radius 1 is 1.52 bits per heavy atom. The van der Waals surface area contributed by atoms with Crippen LogP contribution < -0.4 is 11.1 Å². The summed E-state index contributed by atoms with van der Waals surface area (Å²) in [6.07, 6.45) is 0. The molecule has 1 rings (SSSR count). The van der Waals surface area contributed by atoms with Gasteiger partial charge in [0.15, 0.2) is 5.82 Å². The van der Waals surface area contributed by atoms with Crippen LogP contribution in [0.15, 0.2) is 10.6 Å². The van der Waals surface area contributed by atoms with E-state index in [2.05, 4.69) is 10.5 Å². The first-order chi connectivity index (χ1) is 10.6. The Morgan fingerprint density at radius 2 is 2.17 bits per heavy atom. The van der Waals surface area contributed by atoms with Crippen molar-refractivity contribution in [3.8, 4) is 0 Å². The van der Waals surface area contributed by atoms with Crippen molar-refractivity contribution >= 4 is 29.4 Å². The van der Waals surface area contributed by atoms with Crippen LogP contribution in [0.25, 0.3) is 0 Å². The van der Waals surface area contributed by atoms with Crippen molar-refractivity contribution in [3.05, 3.63) is 11.8 Å². The van der Waals surface area contributed by atoms with Gasteiger partial charge in [0.2, 0.25) is 11.8 Å². The third-order valence-electron chi connectivity index (χ3n) is 3.35. The highest BCUT2D eigenvalue weighted by molar-refractivity contribution is 8.01. The Hall–Kier alpha value is -1.54. The number of carbonyl (C=O) groups is 2.